The molecule has 0 aliphatic carbocycles. The molecule has 0 aromatic heterocycles. The van der Waals surface area contributed by atoms with Gasteiger partial charge in [0, 0.05) is 17.6 Å². The minimum Gasteiger partial charge on any atom is -0.352 e. The van der Waals surface area contributed by atoms with Crippen molar-refractivity contribution in [3.8, 4) is 0 Å². The standard InChI is InChI=1S/C29H30Cl2F3N3O4S/c1-4-25(28(39)35-19(2)3)36(17-20-10-8-9-13-23(20)30)27(38)18-37(42(40,41)22-11-6-5-7-12-22)26-16-21(29(32,33)34)14-15-24(26)31/h5-16,19,25H,4,17-18H2,1-3H3,(H,35,39). The fourth-order valence-corrected chi connectivity index (χ4v) is 6.13. The molecule has 13 heteroatoms. The van der Waals surface area contributed by atoms with Crippen LogP contribution in [0.3, 0.4) is 0 Å². The molecule has 0 saturated heterocycles. The number of anilines is 1. The highest BCUT2D eigenvalue weighted by atomic mass is 35.5. The van der Waals surface area contributed by atoms with E-state index < -0.39 is 51.9 Å². The Labute approximate surface area is 253 Å². The highest BCUT2D eigenvalue weighted by molar-refractivity contribution is 7.92. The molecule has 3 aromatic carbocycles. The zero-order valence-electron chi connectivity index (χ0n) is 23.0. The maximum Gasteiger partial charge on any atom is 0.416 e. The first-order valence-corrected chi connectivity index (χ1v) is 15.1. The van der Waals surface area contributed by atoms with Gasteiger partial charge in [-0.2, -0.15) is 13.2 Å². The lowest BCUT2D eigenvalue weighted by Gasteiger charge is -2.34. The minimum atomic E-state index is -4.82. The van der Waals surface area contributed by atoms with Crippen LogP contribution < -0.4 is 9.62 Å². The molecule has 0 heterocycles. The SMILES string of the molecule is CCC(C(=O)NC(C)C)N(Cc1ccccc1Cl)C(=O)CN(c1cc(C(F)(F)F)ccc1Cl)S(=O)(=O)c1ccccc1. The molecule has 0 spiro atoms. The molecule has 0 bridgehead atoms. The van der Waals surface area contributed by atoms with Crippen LogP contribution in [-0.2, 0) is 32.3 Å². The molecule has 0 saturated carbocycles. The normalized spacial score (nSPS) is 12.6. The molecule has 1 atom stereocenters. The van der Waals surface area contributed by atoms with Gasteiger partial charge in [-0.1, -0.05) is 66.5 Å². The quantitative estimate of drug-likeness (QED) is 0.257. The number of halogens is 5. The summed E-state index contributed by atoms with van der Waals surface area (Å²) in [6, 6.07) is 14.5. The van der Waals surface area contributed by atoms with Crippen LogP contribution in [0.5, 0.6) is 0 Å². The number of rotatable bonds is 11. The van der Waals surface area contributed by atoms with E-state index in [1.54, 1.807) is 51.1 Å². The van der Waals surface area contributed by atoms with E-state index in [-0.39, 0.29) is 28.9 Å². The molecule has 0 fully saturated rings. The van der Waals surface area contributed by atoms with E-state index in [2.05, 4.69) is 5.32 Å². The number of amides is 2. The van der Waals surface area contributed by atoms with Crippen LogP contribution in [0.1, 0.15) is 38.3 Å². The lowest BCUT2D eigenvalue weighted by atomic mass is 10.1. The van der Waals surface area contributed by atoms with Gasteiger partial charge in [0.1, 0.15) is 12.6 Å². The second kappa shape index (κ2) is 13.8. The first-order valence-electron chi connectivity index (χ1n) is 12.9. The number of carbonyl (C=O) groups excluding carboxylic acids is 2. The van der Waals surface area contributed by atoms with Crippen LogP contribution >= 0.6 is 23.2 Å². The van der Waals surface area contributed by atoms with Crippen LogP contribution in [0, 0.1) is 0 Å². The lowest BCUT2D eigenvalue weighted by Crippen LogP contribution is -2.53. The van der Waals surface area contributed by atoms with Gasteiger partial charge in [0.05, 0.1) is 21.2 Å². The summed E-state index contributed by atoms with van der Waals surface area (Å²) in [5.74, 6) is -1.34. The van der Waals surface area contributed by atoms with Crippen molar-refractivity contribution in [3.63, 3.8) is 0 Å². The number of hydrogen-bond acceptors (Lipinski definition) is 4. The maximum absolute atomic E-state index is 14.0. The predicted octanol–water partition coefficient (Wildman–Crippen LogP) is 6.54. The average Bonchev–Trinajstić information content (AvgIpc) is 2.92. The van der Waals surface area contributed by atoms with E-state index in [9.17, 15) is 31.2 Å². The number of benzene rings is 3. The number of nitrogens with one attached hydrogen (secondary N) is 1. The molecule has 0 aliphatic heterocycles. The third-order valence-electron chi connectivity index (χ3n) is 6.27. The fraction of sp³-hybridized carbons (Fsp3) is 0.310. The summed E-state index contributed by atoms with van der Waals surface area (Å²) in [6.45, 7) is 4.05. The summed E-state index contributed by atoms with van der Waals surface area (Å²) >= 11 is 12.6. The largest absolute Gasteiger partial charge is 0.416 e. The number of sulfonamides is 1. The van der Waals surface area contributed by atoms with E-state index in [1.807, 2.05) is 0 Å². The molecule has 7 nitrogen and oxygen atoms in total. The Bertz CT molecular complexity index is 1520. The molecule has 0 aliphatic rings. The summed E-state index contributed by atoms with van der Waals surface area (Å²) < 4.78 is 69.2. The van der Waals surface area contributed by atoms with Crippen molar-refractivity contribution in [3.05, 3.63) is 94.0 Å². The molecule has 1 unspecified atom stereocenters. The Morgan fingerprint density at radius 1 is 0.929 bits per heavy atom. The fourth-order valence-electron chi connectivity index (χ4n) is 4.22. The van der Waals surface area contributed by atoms with Gasteiger partial charge in [-0.05, 0) is 62.2 Å². The Morgan fingerprint density at radius 2 is 1.55 bits per heavy atom. The summed E-state index contributed by atoms with van der Waals surface area (Å²) in [4.78, 5) is 28.1. The van der Waals surface area contributed by atoms with Crippen LogP contribution in [0.2, 0.25) is 10.0 Å². The zero-order valence-corrected chi connectivity index (χ0v) is 25.4. The van der Waals surface area contributed by atoms with Crippen molar-refractivity contribution in [2.24, 2.45) is 0 Å². The highest BCUT2D eigenvalue weighted by Crippen LogP contribution is 2.37. The Hall–Kier alpha value is -3.28. The first kappa shape index (κ1) is 33.2. The Kier molecular flexibility index (Phi) is 10.9. The zero-order chi connectivity index (χ0) is 31.2. The van der Waals surface area contributed by atoms with E-state index in [1.165, 1.54) is 29.2 Å². The van der Waals surface area contributed by atoms with Crippen LogP contribution in [-0.4, -0.2) is 43.8 Å². The highest BCUT2D eigenvalue weighted by Gasteiger charge is 2.37. The van der Waals surface area contributed by atoms with E-state index in [0.717, 1.165) is 6.07 Å². The first-order chi connectivity index (χ1) is 19.7. The Balaban J connectivity index is 2.17. The Morgan fingerprint density at radius 3 is 2.12 bits per heavy atom. The van der Waals surface area contributed by atoms with E-state index >= 15 is 0 Å². The van der Waals surface area contributed by atoms with Crippen molar-refractivity contribution in [2.45, 2.75) is 56.9 Å². The molecule has 1 N–H and O–H groups in total. The molecule has 2 amide bonds. The number of nitrogens with zero attached hydrogens (tertiary/aromatic N) is 2. The molecule has 226 valence electrons. The molecular formula is C29H30Cl2F3N3O4S. The third-order valence-corrected chi connectivity index (χ3v) is 8.73. The number of hydrogen-bond donors (Lipinski definition) is 1. The van der Waals surface area contributed by atoms with Gasteiger partial charge in [0.15, 0.2) is 0 Å². The van der Waals surface area contributed by atoms with E-state index in [4.69, 9.17) is 23.2 Å². The summed E-state index contributed by atoms with van der Waals surface area (Å²) in [5, 5.41) is 2.75. The average molecular weight is 645 g/mol. The summed E-state index contributed by atoms with van der Waals surface area (Å²) in [6.07, 6.45) is -4.66. The van der Waals surface area contributed by atoms with E-state index in [0.29, 0.717) is 27.0 Å². The van der Waals surface area contributed by atoms with Crippen LogP contribution in [0.25, 0.3) is 0 Å². The van der Waals surface area contributed by atoms with Crippen molar-refractivity contribution >= 4 is 50.7 Å². The minimum absolute atomic E-state index is 0.157. The van der Waals surface area contributed by atoms with Gasteiger partial charge in [-0.25, -0.2) is 8.42 Å². The summed E-state index contributed by atoms with van der Waals surface area (Å²) in [7, 11) is -4.61. The van der Waals surface area contributed by atoms with Crippen LogP contribution in [0.15, 0.2) is 77.7 Å². The molecule has 0 radical (unpaired) electrons. The monoisotopic (exact) mass is 643 g/mol. The predicted molar refractivity (Wildman–Crippen MR) is 157 cm³/mol. The van der Waals surface area contributed by atoms with Crippen molar-refractivity contribution < 1.29 is 31.2 Å². The van der Waals surface area contributed by atoms with Gasteiger partial charge in [0.2, 0.25) is 11.8 Å². The van der Waals surface area contributed by atoms with Crippen molar-refractivity contribution in [1.82, 2.24) is 10.2 Å². The second-order valence-corrected chi connectivity index (χ2v) is 12.4. The van der Waals surface area contributed by atoms with Crippen LogP contribution in [0.4, 0.5) is 18.9 Å². The molecule has 3 rings (SSSR count). The van der Waals surface area contributed by atoms with Gasteiger partial charge in [0.25, 0.3) is 10.0 Å². The van der Waals surface area contributed by atoms with Crippen molar-refractivity contribution in [2.75, 3.05) is 10.8 Å². The summed E-state index contributed by atoms with van der Waals surface area (Å²) in [5.41, 5.74) is -1.21. The van der Waals surface area contributed by atoms with Gasteiger partial charge in [-0.3, -0.25) is 13.9 Å². The number of alkyl halides is 3. The maximum atomic E-state index is 14.0. The molecular weight excluding hydrogens is 614 g/mol. The molecule has 3 aromatic rings. The van der Waals surface area contributed by atoms with Gasteiger partial charge >= 0.3 is 6.18 Å². The van der Waals surface area contributed by atoms with Gasteiger partial charge < -0.3 is 10.2 Å². The topological polar surface area (TPSA) is 86.8 Å². The second-order valence-electron chi connectivity index (χ2n) is 9.69. The van der Waals surface area contributed by atoms with Crippen molar-refractivity contribution in [1.29, 1.82) is 0 Å². The molecule has 42 heavy (non-hydrogen) atoms. The number of carbonyl (C=O) groups is 2. The third kappa shape index (κ3) is 7.96. The lowest BCUT2D eigenvalue weighted by molar-refractivity contribution is -0.140. The van der Waals surface area contributed by atoms with Gasteiger partial charge in [-0.15, -0.1) is 0 Å². The smallest absolute Gasteiger partial charge is 0.352 e.